The van der Waals surface area contributed by atoms with Gasteiger partial charge >= 0.3 is 0 Å². The molecule has 0 bridgehead atoms. The number of aliphatic hydroxyl groups is 1. The Hall–Kier alpha value is -1.08. The van der Waals surface area contributed by atoms with Crippen molar-refractivity contribution in [2.24, 2.45) is 0 Å². The van der Waals surface area contributed by atoms with E-state index in [4.69, 9.17) is 5.11 Å². The number of rotatable bonds is 10. The number of unbranched alkanes of at least 4 members (excludes halogenated alkanes) is 1. The van der Waals surface area contributed by atoms with Gasteiger partial charge in [-0.25, -0.2) is 0 Å². The Balaban J connectivity index is 3.82. The van der Waals surface area contributed by atoms with E-state index in [0.29, 0.717) is 0 Å². The first-order valence-corrected chi connectivity index (χ1v) is 7.76. The van der Waals surface area contributed by atoms with E-state index in [1.165, 1.54) is 23.1 Å². The van der Waals surface area contributed by atoms with E-state index in [2.05, 4.69) is 45.9 Å². The van der Waals surface area contributed by atoms with Gasteiger partial charge in [-0.2, -0.15) is 0 Å². The molecule has 0 fully saturated rings. The van der Waals surface area contributed by atoms with Gasteiger partial charge in [0, 0.05) is 0 Å². The van der Waals surface area contributed by atoms with Crippen LogP contribution < -0.4 is 0 Å². The largest absolute Gasteiger partial charge is 0.392 e. The molecule has 0 aromatic carbocycles. The smallest absolute Gasteiger partial charge is 0.0612 e. The van der Waals surface area contributed by atoms with Gasteiger partial charge in [-0.05, 0) is 66.2 Å². The average molecular weight is 276 g/mol. The predicted molar refractivity (Wildman–Crippen MR) is 90.9 cm³/mol. The molecule has 0 radical (unpaired) electrons. The van der Waals surface area contributed by atoms with Crippen LogP contribution in [0.5, 0.6) is 0 Å². The topological polar surface area (TPSA) is 20.2 Å². The summed E-state index contributed by atoms with van der Waals surface area (Å²) in [5.74, 6) is 0. The molecule has 0 aromatic rings. The Kier molecular flexibility index (Phi) is 12.2. The molecule has 1 heteroatoms. The van der Waals surface area contributed by atoms with Crippen LogP contribution in [0.25, 0.3) is 0 Å². The van der Waals surface area contributed by atoms with Gasteiger partial charge in [0.2, 0.25) is 0 Å². The highest BCUT2D eigenvalue weighted by Gasteiger charge is 1.91. The predicted octanol–water partition coefficient (Wildman–Crippen LogP) is 5.73. The van der Waals surface area contributed by atoms with Crippen molar-refractivity contribution in [1.29, 1.82) is 0 Å². The molecule has 0 saturated carbocycles. The molecule has 0 aliphatic carbocycles. The molecule has 0 atom stereocenters. The molecular weight excluding hydrogens is 244 g/mol. The summed E-state index contributed by atoms with van der Waals surface area (Å²) in [4.78, 5) is 0. The van der Waals surface area contributed by atoms with Crippen molar-refractivity contribution in [1.82, 2.24) is 0 Å². The lowest BCUT2D eigenvalue weighted by Crippen LogP contribution is -1.81. The van der Waals surface area contributed by atoms with Gasteiger partial charge in [0.15, 0.2) is 0 Å². The van der Waals surface area contributed by atoms with Gasteiger partial charge in [0.25, 0.3) is 0 Å². The monoisotopic (exact) mass is 276 g/mol. The summed E-state index contributed by atoms with van der Waals surface area (Å²) >= 11 is 0. The second-order valence-corrected chi connectivity index (χ2v) is 5.69. The first-order chi connectivity index (χ1) is 9.56. The average Bonchev–Trinajstić information content (AvgIpc) is 2.38. The summed E-state index contributed by atoms with van der Waals surface area (Å²) in [6, 6.07) is 0. The van der Waals surface area contributed by atoms with Crippen molar-refractivity contribution < 1.29 is 5.11 Å². The highest BCUT2D eigenvalue weighted by molar-refractivity contribution is 5.05. The van der Waals surface area contributed by atoms with Crippen LogP contribution in [0.15, 0.2) is 47.1 Å². The lowest BCUT2D eigenvalue weighted by molar-refractivity contribution is 0.342. The van der Waals surface area contributed by atoms with Crippen molar-refractivity contribution in [2.75, 3.05) is 6.61 Å². The molecule has 0 rings (SSSR count). The van der Waals surface area contributed by atoms with E-state index in [1.54, 1.807) is 0 Å². The van der Waals surface area contributed by atoms with E-state index in [1.807, 2.05) is 12.2 Å². The Bertz CT molecular complexity index is 352. The van der Waals surface area contributed by atoms with E-state index in [-0.39, 0.29) is 6.61 Å². The molecule has 0 amide bonds. The fourth-order valence-corrected chi connectivity index (χ4v) is 1.96. The molecule has 0 aromatic heterocycles. The van der Waals surface area contributed by atoms with Crippen LogP contribution in [0.4, 0.5) is 0 Å². The third-order valence-electron chi connectivity index (χ3n) is 3.22. The lowest BCUT2D eigenvalue weighted by atomic mass is 10.1. The zero-order chi connectivity index (χ0) is 15.2. The molecule has 20 heavy (non-hydrogen) atoms. The minimum atomic E-state index is 0.152. The molecule has 0 unspecified atom stereocenters. The van der Waals surface area contributed by atoms with Crippen LogP contribution in [0.2, 0.25) is 0 Å². The number of hydrogen-bond acceptors (Lipinski definition) is 1. The van der Waals surface area contributed by atoms with Crippen molar-refractivity contribution in [3.05, 3.63) is 47.1 Å². The van der Waals surface area contributed by atoms with E-state index in [0.717, 1.165) is 32.1 Å². The molecule has 0 heterocycles. The van der Waals surface area contributed by atoms with Crippen molar-refractivity contribution >= 4 is 0 Å². The minimum absolute atomic E-state index is 0.152. The first-order valence-electron chi connectivity index (χ1n) is 7.76. The molecular formula is C19H32O. The molecule has 0 aliphatic heterocycles. The maximum absolute atomic E-state index is 8.62. The normalized spacial score (nSPS) is 13.1. The van der Waals surface area contributed by atoms with Gasteiger partial charge in [0.1, 0.15) is 0 Å². The SMILES string of the molecule is CC(C)=CCCC(C)=CCCC(C)=CCCC=CCO. The van der Waals surface area contributed by atoms with Crippen molar-refractivity contribution in [3.8, 4) is 0 Å². The van der Waals surface area contributed by atoms with Crippen molar-refractivity contribution in [3.63, 3.8) is 0 Å². The van der Waals surface area contributed by atoms with Crippen LogP contribution in [0.1, 0.15) is 66.2 Å². The summed E-state index contributed by atoms with van der Waals surface area (Å²) in [6.45, 7) is 8.91. The highest BCUT2D eigenvalue weighted by Crippen LogP contribution is 2.12. The summed E-state index contributed by atoms with van der Waals surface area (Å²) in [5, 5.41) is 8.62. The fourth-order valence-electron chi connectivity index (χ4n) is 1.96. The molecule has 0 aliphatic rings. The maximum atomic E-state index is 8.62. The van der Waals surface area contributed by atoms with Gasteiger partial charge in [-0.3, -0.25) is 0 Å². The highest BCUT2D eigenvalue weighted by atomic mass is 16.2. The Morgan fingerprint density at radius 3 is 1.80 bits per heavy atom. The Morgan fingerprint density at radius 2 is 1.25 bits per heavy atom. The van der Waals surface area contributed by atoms with E-state index >= 15 is 0 Å². The van der Waals surface area contributed by atoms with E-state index < -0.39 is 0 Å². The zero-order valence-electron chi connectivity index (χ0n) is 13.8. The molecule has 0 spiro atoms. The Morgan fingerprint density at radius 1 is 0.700 bits per heavy atom. The summed E-state index contributed by atoms with van der Waals surface area (Å²) in [6.07, 6.45) is 17.6. The third-order valence-corrected chi connectivity index (χ3v) is 3.22. The minimum Gasteiger partial charge on any atom is -0.392 e. The fraction of sp³-hybridized carbons (Fsp3) is 0.579. The number of allylic oxidation sites excluding steroid dienone is 7. The molecule has 1 N–H and O–H groups in total. The standard InChI is InChI=1S/C19H32O/c1-17(2)11-9-13-19(4)15-10-14-18(3)12-7-5-6-8-16-20/h6,8,11-12,15,20H,5,7,9-10,13-14,16H2,1-4H3. The quantitative estimate of drug-likeness (QED) is 0.399. The zero-order valence-corrected chi connectivity index (χ0v) is 13.8. The second-order valence-electron chi connectivity index (χ2n) is 5.69. The van der Waals surface area contributed by atoms with Crippen LogP contribution in [0.3, 0.4) is 0 Å². The molecule has 0 saturated heterocycles. The van der Waals surface area contributed by atoms with Crippen LogP contribution >= 0.6 is 0 Å². The van der Waals surface area contributed by atoms with Crippen molar-refractivity contribution in [2.45, 2.75) is 66.2 Å². The van der Waals surface area contributed by atoms with Gasteiger partial charge < -0.3 is 5.11 Å². The number of hydrogen-bond donors (Lipinski definition) is 1. The van der Waals surface area contributed by atoms with Crippen LogP contribution in [-0.2, 0) is 0 Å². The summed E-state index contributed by atoms with van der Waals surface area (Å²) in [5.41, 5.74) is 4.38. The molecule has 1 nitrogen and oxygen atoms in total. The molecule has 114 valence electrons. The van der Waals surface area contributed by atoms with Crippen LogP contribution in [0, 0.1) is 0 Å². The number of aliphatic hydroxyl groups excluding tert-OH is 1. The van der Waals surface area contributed by atoms with Gasteiger partial charge in [0.05, 0.1) is 6.61 Å². The third kappa shape index (κ3) is 13.4. The maximum Gasteiger partial charge on any atom is 0.0612 e. The van der Waals surface area contributed by atoms with Crippen LogP contribution in [-0.4, -0.2) is 11.7 Å². The lowest BCUT2D eigenvalue weighted by Gasteiger charge is -2.01. The van der Waals surface area contributed by atoms with Gasteiger partial charge in [-0.1, -0.05) is 47.1 Å². The van der Waals surface area contributed by atoms with E-state index in [9.17, 15) is 0 Å². The summed E-state index contributed by atoms with van der Waals surface area (Å²) < 4.78 is 0. The Labute approximate surface area is 125 Å². The summed E-state index contributed by atoms with van der Waals surface area (Å²) in [7, 11) is 0. The second kappa shape index (κ2) is 12.9. The van der Waals surface area contributed by atoms with Gasteiger partial charge in [-0.15, -0.1) is 0 Å². The first kappa shape index (κ1) is 18.9.